The summed E-state index contributed by atoms with van der Waals surface area (Å²) >= 11 is -2.15. The second kappa shape index (κ2) is 10.6. The lowest BCUT2D eigenvalue weighted by Crippen LogP contribution is -2.04. The summed E-state index contributed by atoms with van der Waals surface area (Å²) in [6.45, 7) is 2.09. The van der Waals surface area contributed by atoms with Gasteiger partial charge in [-0.25, -0.2) is 0 Å². The number of nitrogen functional groups attached to an aromatic ring is 2. The summed E-state index contributed by atoms with van der Waals surface area (Å²) in [6, 6.07) is 22.2. The van der Waals surface area contributed by atoms with Crippen molar-refractivity contribution < 1.29 is 13.9 Å². The van der Waals surface area contributed by atoms with Crippen LogP contribution < -0.4 is 11.5 Å². The maximum atomic E-state index is 10.6. The van der Waals surface area contributed by atoms with Crippen LogP contribution in [0.15, 0.2) is 77.7 Å². The van der Waals surface area contributed by atoms with Crippen LogP contribution in [0.5, 0.6) is 0 Å². The fourth-order valence-electron chi connectivity index (χ4n) is 2.64. The molecule has 3 aromatic rings. The SMILES string of the molecule is CC(CO)Cc1ccc(S(=O)[O-])cc1.Nc1cccc(-c2cccc(N)c2)c1. The number of nitrogens with two attached hydrogens (primary N) is 2. The fraction of sp³-hybridized carbons (Fsp3) is 0.182. The fourth-order valence-corrected chi connectivity index (χ4v) is 3.00. The Morgan fingerprint density at radius 3 is 1.82 bits per heavy atom. The molecule has 0 bridgehead atoms. The number of benzene rings is 3. The standard InChI is InChI=1S/C12H12N2.C10H14O3S/c13-11-5-1-3-9(7-11)10-4-2-6-12(14)8-10;1-8(7-11)6-9-2-4-10(5-3-9)14(12)13/h1-8H,13-14H2;2-5,8,11H,6-7H2,1H3,(H,12,13)/p-1. The third-order valence-corrected chi connectivity index (χ3v) is 4.78. The van der Waals surface area contributed by atoms with Crippen molar-refractivity contribution in [1.29, 1.82) is 0 Å². The van der Waals surface area contributed by atoms with Gasteiger partial charge in [-0.3, -0.25) is 4.21 Å². The number of aliphatic hydroxyl groups is 1. The summed E-state index contributed by atoms with van der Waals surface area (Å²) in [5.74, 6) is 0.207. The Morgan fingerprint density at radius 1 is 0.929 bits per heavy atom. The number of rotatable bonds is 5. The average Bonchev–Trinajstić information content (AvgIpc) is 2.69. The third kappa shape index (κ3) is 6.81. The Morgan fingerprint density at radius 2 is 1.43 bits per heavy atom. The van der Waals surface area contributed by atoms with E-state index in [0.717, 1.165) is 34.5 Å². The molecule has 3 aromatic carbocycles. The van der Waals surface area contributed by atoms with Crippen LogP contribution in [0.25, 0.3) is 11.1 Å². The normalized spacial score (nSPS) is 12.5. The zero-order valence-corrected chi connectivity index (χ0v) is 16.6. The van der Waals surface area contributed by atoms with E-state index in [9.17, 15) is 8.76 Å². The highest BCUT2D eigenvalue weighted by molar-refractivity contribution is 7.79. The van der Waals surface area contributed by atoms with Gasteiger partial charge in [-0.05, 0) is 76.5 Å². The van der Waals surface area contributed by atoms with Crippen molar-refractivity contribution in [3.8, 4) is 11.1 Å². The third-order valence-electron chi connectivity index (χ3n) is 4.12. The van der Waals surface area contributed by atoms with E-state index in [1.807, 2.05) is 55.5 Å². The van der Waals surface area contributed by atoms with E-state index < -0.39 is 11.1 Å². The minimum absolute atomic E-state index is 0.148. The van der Waals surface area contributed by atoms with Gasteiger partial charge >= 0.3 is 0 Å². The summed E-state index contributed by atoms with van der Waals surface area (Å²) in [5.41, 5.74) is 16.2. The summed E-state index contributed by atoms with van der Waals surface area (Å²) in [5, 5.41) is 8.84. The van der Waals surface area contributed by atoms with Crippen molar-refractivity contribution >= 4 is 22.5 Å². The summed E-state index contributed by atoms with van der Waals surface area (Å²) in [6.07, 6.45) is 0.766. The van der Waals surface area contributed by atoms with Crippen LogP contribution >= 0.6 is 0 Å². The maximum Gasteiger partial charge on any atom is 0.0459 e. The molecule has 0 saturated carbocycles. The van der Waals surface area contributed by atoms with Crippen LogP contribution in [0, 0.1) is 5.92 Å². The predicted octanol–water partition coefficient (Wildman–Crippen LogP) is 3.61. The Labute approximate surface area is 168 Å². The van der Waals surface area contributed by atoms with Gasteiger partial charge < -0.3 is 21.1 Å². The smallest absolute Gasteiger partial charge is 0.0459 e. The molecular formula is C22H25N2O3S-. The molecule has 5 N–H and O–H groups in total. The average molecular weight is 398 g/mol. The van der Waals surface area contributed by atoms with Gasteiger partial charge in [0, 0.05) is 22.9 Å². The van der Waals surface area contributed by atoms with Crippen LogP contribution in [0.1, 0.15) is 12.5 Å². The highest BCUT2D eigenvalue weighted by atomic mass is 32.2. The molecule has 2 atom stereocenters. The highest BCUT2D eigenvalue weighted by Gasteiger charge is 2.02. The van der Waals surface area contributed by atoms with Crippen LogP contribution in [-0.2, 0) is 17.5 Å². The van der Waals surface area contributed by atoms with Gasteiger partial charge in [0.05, 0.1) is 0 Å². The van der Waals surface area contributed by atoms with Gasteiger partial charge in [-0.15, -0.1) is 0 Å². The molecule has 3 rings (SSSR count). The van der Waals surface area contributed by atoms with E-state index in [2.05, 4.69) is 0 Å². The van der Waals surface area contributed by atoms with Crippen LogP contribution in [0.2, 0.25) is 0 Å². The Bertz CT molecular complexity index is 870. The Balaban J connectivity index is 0.000000200. The quantitative estimate of drug-likeness (QED) is 0.450. The van der Waals surface area contributed by atoms with Crippen molar-refractivity contribution in [2.24, 2.45) is 5.92 Å². The lowest BCUT2D eigenvalue weighted by molar-refractivity contribution is 0.237. The molecule has 0 amide bonds. The predicted molar refractivity (Wildman–Crippen MR) is 114 cm³/mol. The first-order valence-electron chi connectivity index (χ1n) is 8.89. The number of aliphatic hydroxyl groups excluding tert-OH is 1. The molecule has 28 heavy (non-hydrogen) atoms. The van der Waals surface area contributed by atoms with E-state index in [0.29, 0.717) is 4.90 Å². The molecule has 6 heteroatoms. The topological polar surface area (TPSA) is 112 Å². The van der Waals surface area contributed by atoms with Gasteiger partial charge in [-0.1, -0.05) is 43.3 Å². The molecular weight excluding hydrogens is 372 g/mol. The van der Waals surface area contributed by atoms with Crippen LogP contribution in [0.4, 0.5) is 11.4 Å². The van der Waals surface area contributed by atoms with Crippen molar-refractivity contribution in [3.05, 3.63) is 78.4 Å². The van der Waals surface area contributed by atoms with Gasteiger partial charge in [0.25, 0.3) is 0 Å². The molecule has 148 valence electrons. The van der Waals surface area contributed by atoms with Crippen LogP contribution in [-0.4, -0.2) is 20.5 Å². The zero-order chi connectivity index (χ0) is 20.5. The monoisotopic (exact) mass is 397 g/mol. The molecule has 0 aromatic heterocycles. The zero-order valence-electron chi connectivity index (χ0n) is 15.7. The number of hydrogen-bond acceptors (Lipinski definition) is 5. The summed E-state index contributed by atoms with van der Waals surface area (Å²) in [7, 11) is 0. The largest absolute Gasteiger partial charge is 0.768 e. The van der Waals surface area contributed by atoms with E-state index in [1.165, 1.54) is 0 Å². The van der Waals surface area contributed by atoms with Gasteiger partial charge in [0.1, 0.15) is 0 Å². The first-order chi connectivity index (χ1) is 13.4. The van der Waals surface area contributed by atoms with E-state index in [4.69, 9.17) is 16.6 Å². The Kier molecular flexibility index (Phi) is 8.19. The van der Waals surface area contributed by atoms with E-state index in [-0.39, 0.29) is 12.5 Å². The minimum atomic E-state index is -2.15. The number of hydrogen-bond donors (Lipinski definition) is 3. The molecule has 2 unspecified atom stereocenters. The molecule has 5 nitrogen and oxygen atoms in total. The molecule has 0 radical (unpaired) electrons. The van der Waals surface area contributed by atoms with E-state index >= 15 is 0 Å². The summed E-state index contributed by atoms with van der Waals surface area (Å²) < 4.78 is 21.1. The van der Waals surface area contributed by atoms with Crippen LogP contribution in [0.3, 0.4) is 0 Å². The molecule has 0 aliphatic heterocycles. The molecule has 0 spiro atoms. The van der Waals surface area contributed by atoms with Gasteiger partial charge in [-0.2, -0.15) is 0 Å². The van der Waals surface area contributed by atoms with Crippen molar-refractivity contribution in [3.63, 3.8) is 0 Å². The second-order valence-corrected chi connectivity index (χ2v) is 7.56. The first kappa shape index (κ1) is 21.6. The lowest BCUT2D eigenvalue weighted by atomic mass is 10.0. The van der Waals surface area contributed by atoms with Gasteiger partial charge in [0.15, 0.2) is 0 Å². The van der Waals surface area contributed by atoms with Crippen molar-refractivity contribution in [2.75, 3.05) is 18.1 Å². The molecule has 0 heterocycles. The molecule has 0 aliphatic rings. The maximum absolute atomic E-state index is 10.6. The van der Waals surface area contributed by atoms with Crippen molar-refractivity contribution in [2.45, 2.75) is 18.2 Å². The van der Waals surface area contributed by atoms with Crippen molar-refractivity contribution in [1.82, 2.24) is 0 Å². The Hall–Kier alpha value is -2.67. The van der Waals surface area contributed by atoms with E-state index in [1.54, 1.807) is 24.3 Å². The minimum Gasteiger partial charge on any atom is -0.768 e. The molecule has 0 fully saturated rings. The first-order valence-corrected chi connectivity index (χ1v) is 9.97. The second-order valence-electron chi connectivity index (χ2n) is 6.62. The highest BCUT2D eigenvalue weighted by Crippen LogP contribution is 2.22. The lowest BCUT2D eigenvalue weighted by Gasteiger charge is -2.09. The molecule has 0 saturated heterocycles. The van der Waals surface area contributed by atoms with Gasteiger partial charge in [0.2, 0.25) is 0 Å². The number of anilines is 2. The summed E-state index contributed by atoms with van der Waals surface area (Å²) in [4.78, 5) is 0.297. The molecule has 0 aliphatic carbocycles.